The summed E-state index contributed by atoms with van der Waals surface area (Å²) >= 11 is 1.52. The van der Waals surface area contributed by atoms with E-state index < -0.39 is 6.04 Å². The van der Waals surface area contributed by atoms with Crippen molar-refractivity contribution in [3.8, 4) is 0 Å². The van der Waals surface area contributed by atoms with Crippen molar-refractivity contribution in [1.29, 1.82) is 0 Å². The zero-order valence-electron chi connectivity index (χ0n) is 17.1. The number of thioether (sulfide) groups is 1. The second-order valence-electron chi connectivity index (χ2n) is 6.95. The van der Waals surface area contributed by atoms with E-state index >= 15 is 0 Å². The summed E-state index contributed by atoms with van der Waals surface area (Å²) in [7, 11) is 0. The zero-order chi connectivity index (χ0) is 22.2. The van der Waals surface area contributed by atoms with Crippen molar-refractivity contribution in [3.05, 3.63) is 108 Å². The molecule has 2 amide bonds. The molecule has 0 radical (unpaired) electrons. The molecular weight excluding hydrogens is 422 g/mol. The Hall–Kier alpha value is -3.91. The van der Waals surface area contributed by atoms with Crippen molar-refractivity contribution in [2.45, 2.75) is 17.0 Å². The molecule has 0 aliphatic rings. The number of aromatic nitrogens is 3. The number of nitrogens with one attached hydrogen (secondary N) is 3. The van der Waals surface area contributed by atoms with Crippen LogP contribution in [0.1, 0.15) is 27.5 Å². The summed E-state index contributed by atoms with van der Waals surface area (Å²) in [6, 6.07) is 24.8. The van der Waals surface area contributed by atoms with Crippen LogP contribution < -0.4 is 10.6 Å². The molecule has 0 spiro atoms. The predicted molar refractivity (Wildman–Crippen MR) is 124 cm³/mol. The summed E-state index contributed by atoms with van der Waals surface area (Å²) in [5.74, 6) is 0.0655. The van der Waals surface area contributed by atoms with Crippen LogP contribution in [-0.2, 0) is 10.5 Å². The third-order valence-electron chi connectivity index (χ3n) is 4.70. The Bertz CT molecular complexity index is 1150. The summed E-state index contributed by atoms with van der Waals surface area (Å²) in [4.78, 5) is 30.0. The lowest BCUT2D eigenvalue weighted by molar-refractivity contribution is -0.118. The predicted octanol–water partition coefficient (Wildman–Crippen LogP) is 4.21. The van der Waals surface area contributed by atoms with Crippen LogP contribution >= 0.6 is 11.8 Å². The first-order valence-corrected chi connectivity index (χ1v) is 11.0. The van der Waals surface area contributed by atoms with Gasteiger partial charge in [-0.05, 0) is 35.4 Å². The summed E-state index contributed by atoms with van der Waals surface area (Å²) in [6.07, 6.45) is 1.47. The second kappa shape index (κ2) is 10.4. The Morgan fingerprint density at radius 1 is 0.906 bits per heavy atom. The number of benzene rings is 3. The lowest BCUT2D eigenvalue weighted by Crippen LogP contribution is -2.37. The van der Waals surface area contributed by atoms with E-state index in [1.807, 2.05) is 60.7 Å². The maximum Gasteiger partial charge on any atom is 0.252 e. The van der Waals surface area contributed by atoms with Crippen LogP contribution in [0.5, 0.6) is 0 Å². The number of anilines is 1. The molecule has 3 aromatic carbocycles. The van der Waals surface area contributed by atoms with E-state index in [1.165, 1.54) is 18.1 Å². The average molecular weight is 444 g/mol. The Morgan fingerprint density at radius 3 is 2.25 bits per heavy atom. The Morgan fingerprint density at radius 2 is 1.59 bits per heavy atom. The SMILES string of the molecule is O=C(NC(C(=O)Nc1ccccc1)c1ccccc1)c1ccc(CSc2ncn[nH]2)cc1. The minimum atomic E-state index is -0.828. The summed E-state index contributed by atoms with van der Waals surface area (Å²) in [5.41, 5.74) is 2.90. The van der Waals surface area contributed by atoms with E-state index in [4.69, 9.17) is 0 Å². The second-order valence-corrected chi connectivity index (χ2v) is 7.91. The number of aromatic amines is 1. The van der Waals surface area contributed by atoms with E-state index in [0.717, 1.165) is 10.7 Å². The quantitative estimate of drug-likeness (QED) is 0.354. The maximum absolute atomic E-state index is 13.0. The molecule has 1 heterocycles. The van der Waals surface area contributed by atoms with Gasteiger partial charge < -0.3 is 10.6 Å². The molecule has 4 rings (SSSR count). The summed E-state index contributed by atoms with van der Waals surface area (Å²) in [5, 5.41) is 13.1. The topological polar surface area (TPSA) is 99.8 Å². The van der Waals surface area contributed by atoms with Gasteiger partial charge in [-0.3, -0.25) is 14.7 Å². The highest BCUT2D eigenvalue weighted by molar-refractivity contribution is 7.98. The first kappa shape index (κ1) is 21.3. The molecule has 0 aliphatic heterocycles. The molecule has 0 aliphatic carbocycles. The van der Waals surface area contributed by atoms with E-state index in [-0.39, 0.29) is 11.8 Å². The minimum Gasteiger partial charge on any atom is -0.336 e. The number of amides is 2. The van der Waals surface area contributed by atoms with Crippen molar-refractivity contribution in [3.63, 3.8) is 0 Å². The van der Waals surface area contributed by atoms with Crippen LogP contribution in [0.25, 0.3) is 0 Å². The minimum absolute atomic E-state index is 0.309. The van der Waals surface area contributed by atoms with Crippen LogP contribution in [0.3, 0.4) is 0 Å². The molecule has 0 bridgehead atoms. The molecule has 3 N–H and O–H groups in total. The van der Waals surface area contributed by atoms with Crippen LogP contribution in [0.2, 0.25) is 0 Å². The van der Waals surface area contributed by atoms with Gasteiger partial charge in [0.25, 0.3) is 11.8 Å². The molecular formula is C24H21N5O2S. The summed E-state index contributed by atoms with van der Waals surface area (Å²) < 4.78 is 0. The maximum atomic E-state index is 13.0. The van der Waals surface area contributed by atoms with Crippen molar-refractivity contribution in [2.75, 3.05) is 5.32 Å². The molecule has 7 nitrogen and oxygen atoms in total. The molecule has 1 aromatic heterocycles. The van der Waals surface area contributed by atoms with E-state index in [2.05, 4.69) is 25.8 Å². The fraction of sp³-hybridized carbons (Fsp3) is 0.0833. The normalized spacial score (nSPS) is 11.5. The monoisotopic (exact) mass is 443 g/mol. The molecule has 8 heteroatoms. The number of carbonyl (C=O) groups excluding carboxylic acids is 2. The smallest absolute Gasteiger partial charge is 0.252 e. The zero-order valence-corrected chi connectivity index (χ0v) is 17.9. The molecule has 0 fully saturated rings. The van der Waals surface area contributed by atoms with Crippen LogP contribution in [0, 0.1) is 0 Å². The van der Waals surface area contributed by atoms with E-state index in [1.54, 1.807) is 24.3 Å². The number of carbonyl (C=O) groups is 2. The van der Waals surface area contributed by atoms with Gasteiger partial charge in [-0.15, -0.1) is 0 Å². The first-order valence-electron chi connectivity index (χ1n) is 9.98. The van der Waals surface area contributed by atoms with Gasteiger partial charge >= 0.3 is 0 Å². The van der Waals surface area contributed by atoms with Gasteiger partial charge in [0.15, 0.2) is 5.16 Å². The Kier molecular flexibility index (Phi) is 6.94. The highest BCUT2D eigenvalue weighted by Gasteiger charge is 2.23. The van der Waals surface area contributed by atoms with Crippen LogP contribution in [0.4, 0.5) is 5.69 Å². The first-order chi connectivity index (χ1) is 15.7. The third-order valence-corrected chi connectivity index (χ3v) is 5.64. The standard InChI is InChI=1S/C24H21N5O2S/c30-22(19-13-11-17(12-14-19)15-32-24-25-16-26-29-24)28-21(18-7-3-1-4-8-18)23(31)27-20-9-5-2-6-10-20/h1-14,16,21H,15H2,(H,27,31)(H,28,30)(H,25,26,29). The molecule has 0 saturated heterocycles. The number of nitrogens with zero attached hydrogens (tertiary/aromatic N) is 2. The van der Waals surface area contributed by atoms with Gasteiger partial charge in [-0.2, -0.15) is 5.10 Å². The van der Waals surface area contributed by atoms with Gasteiger partial charge in [0.05, 0.1) is 0 Å². The van der Waals surface area contributed by atoms with Gasteiger partial charge in [0.1, 0.15) is 12.4 Å². The molecule has 32 heavy (non-hydrogen) atoms. The average Bonchev–Trinajstić information content (AvgIpc) is 3.36. The third kappa shape index (κ3) is 5.61. The summed E-state index contributed by atoms with van der Waals surface area (Å²) in [6.45, 7) is 0. The number of hydrogen-bond acceptors (Lipinski definition) is 5. The fourth-order valence-electron chi connectivity index (χ4n) is 3.06. The highest BCUT2D eigenvalue weighted by Crippen LogP contribution is 2.20. The van der Waals surface area contributed by atoms with E-state index in [0.29, 0.717) is 22.6 Å². The van der Waals surface area contributed by atoms with Gasteiger partial charge in [0.2, 0.25) is 0 Å². The fourth-order valence-corrected chi connectivity index (χ4v) is 3.80. The Labute approximate surface area is 189 Å². The van der Waals surface area contributed by atoms with Crippen molar-refractivity contribution in [1.82, 2.24) is 20.5 Å². The lowest BCUT2D eigenvalue weighted by Gasteiger charge is -2.19. The number of para-hydroxylation sites is 1. The number of rotatable bonds is 8. The highest BCUT2D eigenvalue weighted by atomic mass is 32.2. The Balaban J connectivity index is 1.45. The number of H-pyrrole nitrogens is 1. The van der Waals surface area contributed by atoms with Gasteiger partial charge in [0, 0.05) is 17.0 Å². The molecule has 1 atom stereocenters. The molecule has 4 aromatic rings. The van der Waals surface area contributed by atoms with Crippen molar-refractivity contribution in [2.24, 2.45) is 0 Å². The van der Waals surface area contributed by atoms with Crippen molar-refractivity contribution < 1.29 is 9.59 Å². The molecule has 160 valence electrons. The van der Waals surface area contributed by atoms with E-state index in [9.17, 15) is 9.59 Å². The van der Waals surface area contributed by atoms with Crippen LogP contribution in [-0.4, -0.2) is 27.0 Å². The van der Waals surface area contributed by atoms with Gasteiger partial charge in [-0.25, -0.2) is 4.98 Å². The largest absolute Gasteiger partial charge is 0.336 e. The molecule has 0 saturated carbocycles. The van der Waals surface area contributed by atoms with Gasteiger partial charge in [-0.1, -0.05) is 72.4 Å². The van der Waals surface area contributed by atoms with Crippen LogP contribution in [0.15, 0.2) is 96.4 Å². The molecule has 1 unspecified atom stereocenters. The number of hydrogen-bond donors (Lipinski definition) is 3. The lowest BCUT2D eigenvalue weighted by atomic mass is 10.0. The van der Waals surface area contributed by atoms with Crippen molar-refractivity contribution >= 4 is 29.3 Å².